The molecule has 1 aromatic carbocycles. The molecule has 6 nitrogen and oxygen atoms in total. The van der Waals surface area contributed by atoms with Crippen LogP contribution in [0.15, 0.2) is 24.4 Å². The van der Waals surface area contributed by atoms with Crippen LogP contribution in [0.1, 0.15) is 37.9 Å². The van der Waals surface area contributed by atoms with E-state index in [1.807, 2.05) is 20.8 Å². The first-order valence-electron chi connectivity index (χ1n) is 9.26. The number of carbonyl (C=O) groups excluding carboxylic acids is 1. The van der Waals surface area contributed by atoms with Gasteiger partial charge in [-0.3, -0.25) is 4.79 Å². The van der Waals surface area contributed by atoms with Crippen LogP contribution in [-0.4, -0.2) is 25.7 Å². The molecule has 4 aromatic rings. The second kappa shape index (κ2) is 7.56. The molecule has 0 unspecified atom stereocenters. The summed E-state index contributed by atoms with van der Waals surface area (Å²) in [4.78, 5) is 23.2. The molecule has 3 aromatic heterocycles. The lowest BCUT2D eigenvalue weighted by atomic mass is 10.1. The van der Waals surface area contributed by atoms with E-state index in [1.54, 1.807) is 13.1 Å². The number of halogens is 2. The number of rotatable bonds is 4. The minimum absolute atomic E-state index is 0.0117. The van der Waals surface area contributed by atoms with E-state index in [1.165, 1.54) is 16.0 Å². The number of nitrogens with one attached hydrogen (secondary N) is 1. The van der Waals surface area contributed by atoms with Gasteiger partial charge in [-0.1, -0.05) is 0 Å². The average molecular weight is 427 g/mol. The maximum Gasteiger partial charge on any atom is 0.267 e. The topological polar surface area (TPSA) is 72.7 Å². The van der Waals surface area contributed by atoms with E-state index < -0.39 is 11.6 Å². The fourth-order valence-electron chi connectivity index (χ4n) is 3.44. The van der Waals surface area contributed by atoms with Crippen LogP contribution >= 0.6 is 11.3 Å². The van der Waals surface area contributed by atoms with Gasteiger partial charge >= 0.3 is 0 Å². The number of thiophene rings is 1. The molecule has 1 N–H and O–H groups in total. The van der Waals surface area contributed by atoms with Crippen LogP contribution < -0.4 is 5.32 Å². The highest BCUT2D eigenvalue weighted by Gasteiger charge is 2.21. The zero-order valence-corrected chi connectivity index (χ0v) is 17.7. The van der Waals surface area contributed by atoms with Gasteiger partial charge in [0.25, 0.3) is 5.91 Å². The van der Waals surface area contributed by atoms with Crippen LogP contribution in [0.4, 0.5) is 14.6 Å². The summed E-state index contributed by atoms with van der Waals surface area (Å²) in [6.45, 7) is 7.35. The molecule has 4 rings (SSSR count). The number of nitrogens with zero attached hydrogens (tertiary/aromatic N) is 4. The highest BCUT2D eigenvalue weighted by molar-refractivity contribution is 7.20. The van der Waals surface area contributed by atoms with Crippen LogP contribution in [0.5, 0.6) is 0 Å². The molecule has 0 aliphatic carbocycles. The van der Waals surface area contributed by atoms with Gasteiger partial charge in [-0.15, -0.1) is 11.3 Å². The number of anilines is 1. The highest BCUT2D eigenvalue weighted by atomic mass is 32.1. The number of amides is 1. The number of hydrogen-bond donors (Lipinski definition) is 1. The Morgan fingerprint density at radius 2 is 1.93 bits per heavy atom. The fraction of sp³-hybridized carbons (Fsp3) is 0.238. The van der Waals surface area contributed by atoms with Crippen molar-refractivity contribution in [3.8, 4) is 0 Å². The van der Waals surface area contributed by atoms with E-state index >= 15 is 0 Å². The molecule has 0 radical (unpaired) electrons. The molecule has 0 aliphatic heterocycles. The Hall–Kier alpha value is -3.20. The van der Waals surface area contributed by atoms with Crippen molar-refractivity contribution in [2.24, 2.45) is 0 Å². The van der Waals surface area contributed by atoms with E-state index in [9.17, 15) is 13.6 Å². The second-order valence-corrected chi connectivity index (χ2v) is 8.12. The molecule has 0 aliphatic rings. The predicted octanol–water partition coefficient (Wildman–Crippen LogP) is 4.70. The Morgan fingerprint density at radius 1 is 1.17 bits per heavy atom. The van der Waals surface area contributed by atoms with Crippen molar-refractivity contribution in [2.45, 2.75) is 34.2 Å². The van der Waals surface area contributed by atoms with Crippen molar-refractivity contribution in [2.75, 3.05) is 5.32 Å². The molecule has 0 saturated heterocycles. The SMILES string of the molecule is Cc1nc(C)c2c(C)c(C(=O)Nc3c(C)cnn3Cc3cc(F)ccc3F)sc2n1. The Kier molecular flexibility index (Phi) is 5.07. The molecule has 3 heterocycles. The van der Waals surface area contributed by atoms with E-state index in [4.69, 9.17) is 0 Å². The van der Waals surface area contributed by atoms with Crippen LogP contribution in [0, 0.1) is 39.3 Å². The lowest BCUT2D eigenvalue weighted by molar-refractivity contribution is 0.102. The smallest absolute Gasteiger partial charge is 0.267 e. The summed E-state index contributed by atoms with van der Waals surface area (Å²) < 4.78 is 29.0. The number of aromatic nitrogens is 4. The van der Waals surface area contributed by atoms with Crippen molar-refractivity contribution in [3.63, 3.8) is 0 Å². The van der Waals surface area contributed by atoms with Crippen LogP contribution in [0.3, 0.4) is 0 Å². The third-order valence-electron chi connectivity index (χ3n) is 4.87. The van der Waals surface area contributed by atoms with Gasteiger partial charge in [0.15, 0.2) is 0 Å². The molecule has 154 valence electrons. The van der Waals surface area contributed by atoms with E-state index in [-0.39, 0.29) is 18.0 Å². The Labute approximate surface area is 175 Å². The summed E-state index contributed by atoms with van der Waals surface area (Å²) in [5, 5.41) is 7.96. The lowest BCUT2D eigenvalue weighted by Gasteiger charge is -2.11. The molecular formula is C21H19F2N5OS. The van der Waals surface area contributed by atoms with E-state index in [2.05, 4.69) is 20.4 Å². The predicted molar refractivity (Wildman–Crippen MR) is 112 cm³/mol. The van der Waals surface area contributed by atoms with Gasteiger partial charge in [0.1, 0.15) is 28.1 Å². The Morgan fingerprint density at radius 3 is 2.70 bits per heavy atom. The van der Waals surface area contributed by atoms with E-state index in [0.717, 1.165) is 39.7 Å². The molecule has 30 heavy (non-hydrogen) atoms. The molecule has 0 spiro atoms. The molecule has 0 saturated carbocycles. The normalized spacial score (nSPS) is 11.3. The van der Waals surface area contributed by atoms with Crippen LogP contribution in [0.2, 0.25) is 0 Å². The summed E-state index contributed by atoms with van der Waals surface area (Å²) in [5.41, 5.74) is 2.50. The second-order valence-electron chi connectivity index (χ2n) is 7.12. The van der Waals surface area contributed by atoms with Gasteiger partial charge in [0.2, 0.25) is 0 Å². The van der Waals surface area contributed by atoms with Gasteiger partial charge in [-0.05, 0) is 51.5 Å². The van der Waals surface area contributed by atoms with Gasteiger partial charge in [0, 0.05) is 22.2 Å². The minimum atomic E-state index is -0.536. The molecular weight excluding hydrogens is 408 g/mol. The summed E-state index contributed by atoms with van der Waals surface area (Å²) >= 11 is 1.30. The van der Waals surface area contributed by atoms with Gasteiger partial charge in [0.05, 0.1) is 17.6 Å². The highest BCUT2D eigenvalue weighted by Crippen LogP contribution is 2.32. The first-order chi connectivity index (χ1) is 14.2. The van der Waals surface area contributed by atoms with Gasteiger partial charge in [-0.2, -0.15) is 5.10 Å². The van der Waals surface area contributed by atoms with Gasteiger partial charge < -0.3 is 5.32 Å². The maximum atomic E-state index is 14.1. The zero-order valence-electron chi connectivity index (χ0n) is 16.9. The van der Waals surface area contributed by atoms with Crippen molar-refractivity contribution < 1.29 is 13.6 Å². The molecule has 9 heteroatoms. The number of hydrogen-bond acceptors (Lipinski definition) is 5. The van der Waals surface area contributed by atoms with Crippen LogP contribution in [-0.2, 0) is 6.54 Å². The Bertz CT molecular complexity index is 1290. The maximum absolute atomic E-state index is 14.1. The molecule has 0 fully saturated rings. The third-order valence-corrected chi connectivity index (χ3v) is 6.06. The van der Waals surface area contributed by atoms with E-state index in [0.29, 0.717) is 22.1 Å². The minimum Gasteiger partial charge on any atom is -0.306 e. The lowest BCUT2D eigenvalue weighted by Crippen LogP contribution is -2.17. The van der Waals surface area contributed by atoms with Crippen molar-refractivity contribution in [1.82, 2.24) is 19.7 Å². The first kappa shape index (κ1) is 20.1. The summed E-state index contributed by atoms with van der Waals surface area (Å²) in [6.07, 6.45) is 1.57. The largest absolute Gasteiger partial charge is 0.306 e. The number of carbonyl (C=O) groups is 1. The summed E-state index contributed by atoms with van der Waals surface area (Å²) in [7, 11) is 0. The standard InChI is InChI=1S/C21H19F2N5OS/c1-10-8-24-28(9-14-7-15(22)5-6-16(14)23)19(10)27-20(29)18-11(2)17-12(3)25-13(4)26-21(17)30-18/h5-8H,9H2,1-4H3,(H,27,29). The Balaban J connectivity index is 1.67. The van der Waals surface area contributed by atoms with Gasteiger partial charge in [-0.25, -0.2) is 23.4 Å². The summed E-state index contributed by atoms with van der Waals surface area (Å²) in [6, 6.07) is 3.26. The summed E-state index contributed by atoms with van der Waals surface area (Å²) in [5.74, 6) is -0.295. The quantitative estimate of drug-likeness (QED) is 0.512. The third kappa shape index (κ3) is 3.56. The molecule has 1 amide bonds. The number of aryl methyl sites for hydroxylation is 4. The monoisotopic (exact) mass is 427 g/mol. The van der Waals surface area contributed by atoms with Crippen molar-refractivity contribution in [3.05, 3.63) is 69.1 Å². The molecule has 0 atom stereocenters. The number of fused-ring (bicyclic) bond motifs is 1. The van der Waals surface area contributed by atoms with Crippen LogP contribution in [0.25, 0.3) is 10.2 Å². The molecule has 0 bridgehead atoms. The first-order valence-corrected chi connectivity index (χ1v) is 10.1. The number of benzene rings is 1. The van der Waals surface area contributed by atoms with Crippen molar-refractivity contribution in [1.29, 1.82) is 0 Å². The van der Waals surface area contributed by atoms with Crippen molar-refractivity contribution >= 4 is 33.3 Å². The zero-order chi connectivity index (χ0) is 21.6. The average Bonchev–Trinajstić information content (AvgIpc) is 3.19. The fourth-order valence-corrected chi connectivity index (χ4v) is 4.61.